The van der Waals surface area contributed by atoms with Crippen LogP contribution in [0.3, 0.4) is 0 Å². The van der Waals surface area contributed by atoms with Crippen LogP contribution in [0, 0.1) is 22.7 Å². The summed E-state index contributed by atoms with van der Waals surface area (Å²) in [5.41, 5.74) is 6.57. The summed E-state index contributed by atoms with van der Waals surface area (Å²) in [6, 6.07) is 7.68. The van der Waals surface area contributed by atoms with E-state index in [0.29, 0.717) is 11.1 Å². The molecule has 0 bridgehead atoms. The van der Waals surface area contributed by atoms with Crippen LogP contribution >= 0.6 is 0 Å². The van der Waals surface area contributed by atoms with Crippen molar-refractivity contribution in [3.05, 3.63) is 29.3 Å². The van der Waals surface area contributed by atoms with Crippen molar-refractivity contribution < 1.29 is 5.11 Å². The topological polar surface area (TPSA) is 93.8 Å². The fraction of sp³-hybridized carbons (Fsp3) is 0.200. The normalized spacial score (nSPS) is 11.4. The summed E-state index contributed by atoms with van der Waals surface area (Å²) >= 11 is 0. The Morgan fingerprint density at radius 1 is 1.43 bits per heavy atom. The summed E-state index contributed by atoms with van der Waals surface area (Å²) in [7, 11) is 0. The molecule has 0 spiro atoms. The zero-order chi connectivity index (χ0) is 10.6. The standard InChI is InChI=1S/C10H9N3O/c11-4-3-10(13)9-5-8(14)2-1-7(9)6-12/h1-2,5,10,14H,3,13H2/t10-/m0/s1. The Morgan fingerprint density at radius 3 is 2.71 bits per heavy atom. The van der Waals surface area contributed by atoms with E-state index < -0.39 is 6.04 Å². The Bertz CT molecular complexity index is 414. The molecule has 1 aromatic carbocycles. The van der Waals surface area contributed by atoms with E-state index in [1.807, 2.05) is 12.1 Å². The molecule has 0 aliphatic heterocycles. The first-order chi connectivity index (χ1) is 6.69. The van der Waals surface area contributed by atoms with Crippen molar-refractivity contribution in [2.24, 2.45) is 5.73 Å². The monoisotopic (exact) mass is 187 g/mol. The lowest BCUT2D eigenvalue weighted by molar-refractivity contribution is 0.473. The minimum absolute atomic E-state index is 0.0485. The number of nitrogens with zero attached hydrogens (tertiary/aromatic N) is 2. The van der Waals surface area contributed by atoms with E-state index >= 15 is 0 Å². The SMILES string of the molecule is N#CC[C@H](N)c1cc(O)ccc1C#N. The maximum atomic E-state index is 9.20. The Balaban J connectivity index is 3.13. The third-order valence-electron chi connectivity index (χ3n) is 1.87. The first kappa shape index (κ1) is 10.0. The average Bonchev–Trinajstić information content (AvgIpc) is 2.18. The van der Waals surface area contributed by atoms with E-state index in [-0.39, 0.29) is 12.2 Å². The highest BCUT2D eigenvalue weighted by Crippen LogP contribution is 2.22. The van der Waals surface area contributed by atoms with E-state index in [2.05, 4.69) is 0 Å². The molecule has 0 fully saturated rings. The van der Waals surface area contributed by atoms with Crippen LogP contribution in [0.4, 0.5) is 0 Å². The Labute approximate surface area is 81.8 Å². The first-order valence-electron chi connectivity index (χ1n) is 4.04. The molecule has 0 heterocycles. The van der Waals surface area contributed by atoms with Gasteiger partial charge < -0.3 is 10.8 Å². The predicted molar refractivity (Wildman–Crippen MR) is 50.0 cm³/mol. The van der Waals surface area contributed by atoms with Crippen molar-refractivity contribution in [3.63, 3.8) is 0 Å². The van der Waals surface area contributed by atoms with Gasteiger partial charge in [-0.1, -0.05) is 0 Å². The summed E-state index contributed by atoms with van der Waals surface area (Å²) in [5, 5.41) is 26.4. The number of hydrogen-bond acceptors (Lipinski definition) is 4. The Hall–Kier alpha value is -2.04. The largest absolute Gasteiger partial charge is 0.508 e. The van der Waals surface area contributed by atoms with Crippen LogP contribution in [-0.4, -0.2) is 5.11 Å². The highest BCUT2D eigenvalue weighted by molar-refractivity contribution is 5.44. The average molecular weight is 187 g/mol. The molecule has 0 aromatic heterocycles. The molecule has 4 nitrogen and oxygen atoms in total. The third kappa shape index (κ3) is 2.01. The Morgan fingerprint density at radius 2 is 2.14 bits per heavy atom. The van der Waals surface area contributed by atoms with Crippen LogP contribution < -0.4 is 5.73 Å². The third-order valence-corrected chi connectivity index (χ3v) is 1.87. The maximum Gasteiger partial charge on any atom is 0.116 e. The van der Waals surface area contributed by atoms with Crippen LogP contribution in [0.5, 0.6) is 5.75 Å². The van der Waals surface area contributed by atoms with Gasteiger partial charge >= 0.3 is 0 Å². The number of benzene rings is 1. The van der Waals surface area contributed by atoms with E-state index in [9.17, 15) is 5.11 Å². The molecule has 0 aliphatic rings. The first-order valence-corrected chi connectivity index (χ1v) is 4.04. The van der Waals surface area contributed by atoms with E-state index in [0.717, 1.165) is 0 Å². The van der Waals surface area contributed by atoms with Gasteiger partial charge in [0.15, 0.2) is 0 Å². The van der Waals surface area contributed by atoms with Gasteiger partial charge in [-0.3, -0.25) is 0 Å². The number of aromatic hydroxyl groups is 1. The molecule has 0 amide bonds. The van der Waals surface area contributed by atoms with Gasteiger partial charge in [0.05, 0.1) is 24.1 Å². The van der Waals surface area contributed by atoms with Gasteiger partial charge in [0.25, 0.3) is 0 Å². The van der Waals surface area contributed by atoms with Crippen molar-refractivity contribution in [3.8, 4) is 17.9 Å². The summed E-state index contributed by atoms with van der Waals surface area (Å²) < 4.78 is 0. The van der Waals surface area contributed by atoms with Gasteiger partial charge in [0.2, 0.25) is 0 Å². The lowest BCUT2D eigenvalue weighted by atomic mass is 9.99. The van der Waals surface area contributed by atoms with Gasteiger partial charge in [-0.05, 0) is 23.8 Å². The van der Waals surface area contributed by atoms with Gasteiger partial charge in [0.1, 0.15) is 5.75 Å². The Kier molecular flexibility index (Phi) is 3.06. The minimum atomic E-state index is -0.526. The molecule has 0 saturated carbocycles. The molecule has 0 unspecified atom stereocenters. The molecular weight excluding hydrogens is 178 g/mol. The smallest absolute Gasteiger partial charge is 0.116 e. The zero-order valence-electron chi connectivity index (χ0n) is 7.44. The van der Waals surface area contributed by atoms with Gasteiger partial charge in [-0.2, -0.15) is 10.5 Å². The summed E-state index contributed by atoms with van der Waals surface area (Å²) in [6.45, 7) is 0. The zero-order valence-corrected chi connectivity index (χ0v) is 7.44. The van der Waals surface area contributed by atoms with Crippen LogP contribution in [0.2, 0.25) is 0 Å². The highest BCUT2D eigenvalue weighted by Gasteiger charge is 2.11. The molecule has 4 heteroatoms. The summed E-state index contributed by atoms with van der Waals surface area (Å²) in [5.74, 6) is 0.0485. The number of phenols is 1. The van der Waals surface area contributed by atoms with E-state index in [1.54, 1.807) is 0 Å². The molecule has 14 heavy (non-hydrogen) atoms. The number of rotatable bonds is 2. The molecule has 1 aromatic rings. The number of nitriles is 2. The van der Waals surface area contributed by atoms with Crippen LogP contribution in [0.15, 0.2) is 18.2 Å². The molecule has 1 atom stereocenters. The molecule has 3 N–H and O–H groups in total. The highest BCUT2D eigenvalue weighted by atomic mass is 16.3. The van der Waals surface area contributed by atoms with Gasteiger partial charge in [-0.25, -0.2) is 0 Å². The van der Waals surface area contributed by atoms with Crippen molar-refractivity contribution in [2.45, 2.75) is 12.5 Å². The maximum absolute atomic E-state index is 9.20. The molecule has 1 rings (SSSR count). The van der Waals surface area contributed by atoms with Crippen LogP contribution in [-0.2, 0) is 0 Å². The van der Waals surface area contributed by atoms with Crippen LogP contribution in [0.1, 0.15) is 23.6 Å². The molecule has 0 aliphatic carbocycles. The number of phenolic OH excluding ortho intramolecular Hbond substituents is 1. The lowest BCUT2D eigenvalue weighted by Gasteiger charge is -2.09. The summed E-state index contributed by atoms with van der Waals surface area (Å²) in [6.07, 6.45) is 0.123. The molecule has 70 valence electrons. The van der Waals surface area contributed by atoms with Gasteiger partial charge in [-0.15, -0.1) is 0 Å². The molecular formula is C10H9N3O. The van der Waals surface area contributed by atoms with Crippen molar-refractivity contribution in [2.75, 3.05) is 0 Å². The number of hydrogen-bond donors (Lipinski definition) is 2. The van der Waals surface area contributed by atoms with Crippen molar-refractivity contribution in [1.29, 1.82) is 10.5 Å². The fourth-order valence-electron chi connectivity index (χ4n) is 1.17. The second-order valence-electron chi connectivity index (χ2n) is 2.85. The summed E-state index contributed by atoms with van der Waals surface area (Å²) in [4.78, 5) is 0. The second kappa shape index (κ2) is 4.27. The minimum Gasteiger partial charge on any atom is -0.508 e. The van der Waals surface area contributed by atoms with Crippen LogP contribution in [0.25, 0.3) is 0 Å². The van der Waals surface area contributed by atoms with Crippen molar-refractivity contribution >= 4 is 0 Å². The fourth-order valence-corrected chi connectivity index (χ4v) is 1.17. The van der Waals surface area contributed by atoms with E-state index in [4.69, 9.17) is 16.3 Å². The predicted octanol–water partition coefficient (Wildman–Crippen LogP) is 1.18. The molecule has 0 radical (unpaired) electrons. The molecule has 0 saturated heterocycles. The second-order valence-corrected chi connectivity index (χ2v) is 2.85. The van der Waals surface area contributed by atoms with Gasteiger partial charge in [0, 0.05) is 6.04 Å². The number of nitrogens with two attached hydrogens (primary N) is 1. The van der Waals surface area contributed by atoms with Crippen molar-refractivity contribution in [1.82, 2.24) is 0 Å². The quantitative estimate of drug-likeness (QED) is 0.726. The lowest BCUT2D eigenvalue weighted by Crippen LogP contribution is -2.10. The van der Waals surface area contributed by atoms with E-state index in [1.165, 1.54) is 18.2 Å².